The number of rotatable bonds is 3. The molecule has 0 unspecified atom stereocenters. The quantitative estimate of drug-likeness (QED) is 0.182. The molecule has 0 saturated carbocycles. The summed E-state index contributed by atoms with van der Waals surface area (Å²) in [7, 11) is 0. The first-order chi connectivity index (χ1) is 22.8. The summed E-state index contributed by atoms with van der Waals surface area (Å²) >= 11 is 0. The lowest BCUT2D eigenvalue weighted by molar-refractivity contribution is 1.30. The Morgan fingerprint density at radius 1 is 0.229 bits per heavy atom. The molecule has 0 heterocycles. The summed E-state index contributed by atoms with van der Waals surface area (Å²) in [4.78, 5) is 0. The topological polar surface area (TPSA) is 0 Å². The average molecular weight is 631 g/mol. The van der Waals surface area contributed by atoms with Crippen LogP contribution in [0.1, 0.15) is 66.8 Å². The minimum Gasteiger partial charge on any atom is -0.0614 e. The van der Waals surface area contributed by atoms with E-state index >= 15 is 0 Å². The summed E-state index contributed by atoms with van der Waals surface area (Å²) in [6, 6.07) is 39.6. The Hall–Kier alpha value is -4.68. The van der Waals surface area contributed by atoms with E-state index < -0.39 is 0 Å². The van der Waals surface area contributed by atoms with Crippen LogP contribution in [0.25, 0.3) is 33.4 Å². The Balaban J connectivity index is 0.000000163. The van der Waals surface area contributed by atoms with Crippen molar-refractivity contribution < 1.29 is 0 Å². The van der Waals surface area contributed by atoms with Gasteiger partial charge >= 0.3 is 0 Å². The molecule has 6 aromatic carbocycles. The highest BCUT2D eigenvalue weighted by atomic mass is 14.1. The summed E-state index contributed by atoms with van der Waals surface area (Å²) in [5, 5.41) is 0. The summed E-state index contributed by atoms with van der Waals surface area (Å²) in [5.41, 5.74) is 24.3. The van der Waals surface area contributed by atoms with Crippen molar-refractivity contribution >= 4 is 0 Å². The molecule has 0 spiro atoms. The molecule has 6 aromatic rings. The first-order valence-corrected chi connectivity index (χ1v) is 17.2. The lowest BCUT2D eigenvalue weighted by Crippen LogP contribution is -1.91. The second-order valence-electron chi connectivity index (χ2n) is 13.8. The van der Waals surface area contributed by atoms with E-state index in [1.165, 1.54) is 100 Å². The van der Waals surface area contributed by atoms with Gasteiger partial charge in [0, 0.05) is 0 Å². The minimum absolute atomic E-state index is 1.32. The fourth-order valence-electron chi connectivity index (χ4n) is 6.37. The molecular formula is C48H54. The third-order valence-corrected chi connectivity index (χ3v) is 9.63. The minimum atomic E-state index is 1.32. The maximum Gasteiger partial charge on any atom is -0.0149 e. The summed E-state index contributed by atoms with van der Waals surface area (Å²) in [6.45, 7) is 26.0. The van der Waals surface area contributed by atoms with Gasteiger partial charge in [0.05, 0.1) is 0 Å². The molecule has 0 N–H and O–H groups in total. The second-order valence-corrected chi connectivity index (χ2v) is 13.8. The highest BCUT2D eigenvalue weighted by Crippen LogP contribution is 2.31. The molecule has 0 amide bonds. The number of benzene rings is 6. The van der Waals surface area contributed by atoms with Gasteiger partial charge < -0.3 is 0 Å². The van der Waals surface area contributed by atoms with Crippen molar-refractivity contribution in [1.82, 2.24) is 0 Å². The van der Waals surface area contributed by atoms with Crippen LogP contribution < -0.4 is 0 Å². The third-order valence-electron chi connectivity index (χ3n) is 9.63. The normalized spacial score (nSPS) is 10.5. The molecule has 0 aliphatic heterocycles. The van der Waals surface area contributed by atoms with Gasteiger partial charge in [0.1, 0.15) is 0 Å². The van der Waals surface area contributed by atoms with Gasteiger partial charge in [-0.15, -0.1) is 0 Å². The van der Waals surface area contributed by atoms with E-state index in [1.54, 1.807) is 0 Å². The SMILES string of the molecule is Cc1ccc(-c2ccc(C)cc2C)c(C)c1.Cc1ccc(C)c(-c2cc(C)ccc2C)c1.Cc1cccc(-c2cccc(C)c2C)c1C. The first-order valence-electron chi connectivity index (χ1n) is 17.2. The van der Waals surface area contributed by atoms with Crippen LogP contribution in [-0.4, -0.2) is 0 Å². The van der Waals surface area contributed by atoms with Crippen LogP contribution in [0.4, 0.5) is 0 Å². The summed E-state index contributed by atoms with van der Waals surface area (Å²) < 4.78 is 0. The smallest absolute Gasteiger partial charge is 0.0149 e. The van der Waals surface area contributed by atoms with Crippen molar-refractivity contribution in [2.45, 2.75) is 83.1 Å². The largest absolute Gasteiger partial charge is 0.0614 e. The molecule has 0 bridgehead atoms. The molecule has 0 radical (unpaired) electrons. The summed E-state index contributed by atoms with van der Waals surface area (Å²) in [6.07, 6.45) is 0. The van der Waals surface area contributed by atoms with Gasteiger partial charge in [-0.3, -0.25) is 0 Å². The van der Waals surface area contributed by atoms with E-state index in [2.05, 4.69) is 192 Å². The lowest BCUT2D eigenvalue weighted by Gasteiger charge is -2.12. The van der Waals surface area contributed by atoms with Gasteiger partial charge in [-0.05, 0) is 161 Å². The fourth-order valence-corrected chi connectivity index (χ4v) is 6.37. The van der Waals surface area contributed by atoms with Gasteiger partial charge in [0.2, 0.25) is 0 Å². The molecular weight excluding hydrogens is 577 g/mol. The molecule has 0 heteroatoms. The van der Waals surface area contributed by atoms with E-state index in [0.29, 0.717) is 0 Å². The van der Waals surface area contributed by atoms with Crippen molar-refractivity contribution in [3.63, 3.8) is 0 Å². The highest BCUT2D eigenvalue weighted by Gasteiger charge is 2.08. The van der Waals surface area contributed by atoms with E-state index in [0.717, 1.165) is 0 Å². The molecule has 0 nitrogen and oxygen atoms in total. The Kier molecular flexibility index (Phi) is 12.0. The van der Waals surface area contributed by atoms with E-state index in [-0.39, 0.29) is 0 Å². The molecule has 0 saturated heterocycles. The van der Waals surface area contributed by atoms with Crippen molar-refractivity contribution in [1.29, 1.82) is 0 Å². The van der Waals surface area contributed by atoms with Crippen LogP contribution in [0, 0.1) is 83.1 Å². The van der Waals surface area contributed by atoms with Crippen LogP contribution in [0.15, 0.2) is 109 Å². The highest BCUT2D eigenvalue weighted by molar-refractivity contribution is 5.73. The zero-order chi connectivity index (χ0) is 35.1. The number of aryl methyl sites for hydroxylation is 10. The van der Waals surface area contributed by atoms with E-state index in [1.807, 2.05) is 0 Å². The van der Waals surface area contributed by atoms with Crippen LogP contribution >= 0.6 is 0 Å². The maximum atomic E-state index is 2.27. The number of hydrogen-bond donors (Lipinski definition) is 0. The van der Waals surface area contributed by atoms with E-state index in [9.17, 15) is 0 Å². The van der Waals surface area contributed by atoms with Crippen LogP contribution in [0.5, 0.6) is 0 Å². The van der Waals surface area contributed by atoms with Gasteiger partial charge in [-0.25, -0.2) is 0 Å². The molecule has 246 valence electrons. The molecule has 6 rings (SSSR count). The van der Waals surface area contributed by atoms with Crippen LogP contribution in [-0.2, 0) is 0 Å². The monoisotopic (exact) mass is 630 g/mol. The zero-order valence-corrected chi connectivity index (χ0v) is 31.4. The van der Waals surface area contributed by atoms with Crippen LogP contribution in [0.2, 0.25) is 0 Å². The van der Waals surface area contributed by atoms with Gasteiger partial charge in [-0.2, -0.15) is 0 Å². The molecule has 0 atom stereocenters. The summed E-state index contributed by atoms with van der Waals surface area (Å²) in [5.74, 6) is 0. The predicted molar refractivity (Wildman–Crippen MR) is 212 cm³/mol. The lowest BCUT2D eigenvalue weighted by atomic mass is 9.92. The van der Waals surface area contributed by atoms with Crippen molar-refractivity contribution in [2.75, 3.05) is 0 Å². The molecule has 0 aliphatic carbocycles. The molecule has 48 heavy (non-hydrogen) atoms. The Morgan fingerprint density at radius 2 is 0.562 bits per heavy atom. The molecule has 0 aromatic heterocycles. The third kappa shape index (κ3) is 8.81. The average Bonchev–Trinajstić information content (AvgIpc) is 3.04. The van der Waals surface area contributed by atoms with Gasteiger partial charge in [0.25, 0.3) is 0 Å². The van der Waals surface area contributed by atoms with E-state index in [4.69, 9.17) is 0 Å². The first kappa shape index (κ1) is 36.2. The zero-order valence-electron chi connectivity index (χ0n) is 31.4. The van der Waals surface area contributed by atoms with Crippen molar-refractivity contribution in [3.05, 3.63) is 176 Å². The molecule has 0 aliphatic rings. The maximum absolute atomic E-state index is 2.27. The van der Waals surface area contributed by atoms with Crippen molar-refractivity contribution in [2.24, 2.45) is 0 Å². The van der Waals surface area contributed by atoms with Crippen LogP contribution in [0.3, 0.4) is 0 Å². The second kappa shape index (κ2) is 15.9. The Labute approximate surface area is 291 Å². The standard InChI is InChI=1S/3C16H18/c1-11-5-7-15(13(3)9-11)16-8-6-12(2)10-14(16)4;1-11-5-7-13(3)15(9-11)16-10-12(2)6-8-14(16)4;1-11-7-5-9-15(13(11)3)16-10-6-8-12(2)14(16)4/h3*5-10H,1-4H3. The fraction of sp³-hybridized carbons (Fsp3) is 0.250. The Morgan fingerprint density at radius 3 is 0.917 bits per heavy atom. The van der Waals surface area contributed by atoms with Crippen molar-refractivity contribution in [3.8, 4) is 33.4 Å². The molecule has 0 fully saturated rings. The number of hydrogen-bond acceptors (Lipinski definition) is 0. The Bertz CT molecular complexity index is 1890. The van der Waals surface area contributed by atoms with Gasteiger partial charge in [-0.1, -0.05) is 131 Å². The predicted octanol–water partition coefficient (Wildman–Crippen LogP) is 13.8. The van der Waals surface area contributed by atoms with Gasteiger partial charge in [0.15, 0.2) is 0 Å².